The van der Waals surface area contributed by atoms with Crippen molar-refractivity contribution in [2.24, 2.45) is 4.99 Å². The Labute approximate surface area is 164 Å². The third kappa shape index (κ3) is 5.60. The number of aromatic nitrogens is 3. The van der Waals surface area contributed by atoms with Crippen molar-refractivity contribution >= 4 is 5.96 Å². The van der Waals surface area contributed by atoms with Gasteiger partial charge in [0.1, 0.15) is 23.7 Å². The fourth-order valence-electron chi connectivity index (χ4n) is 2.69. The Morgan fingerprint density at radius 1 is 1.21 bits per heavy atom. The van der Waals surface area contributed by atoms with E-state index < -0.39 is 0 Å². The van der Waals surface area contributed by atoms with Crippen LogP contribution in [0, 0.1) is 0 Å². The molecule has 0 amide bonds. The van der Waals surface area contributed by atoms with Gasteiger partial charge in [0.25, 0.3) is 0 Å². The Kier molecular flexibility index (Phi) is 7.06. The van der Waals surface area contributed by atoms with E-state index in [0.29, 0.717) is 19.6 Å². The van der Waals surface area contributed by atoms with Crippen LogP contribution in [0.5, 0.6) is 5.75 Å². The molecule has 0 saturated carbocycles. The van der Waals surface area contributed by atoms with E-state index in [1.807, 2.05) is 41.0 Å². The van der Waals surface area contributed by atoms with Crippen LogP contribution in [0.25, 0.3) is 0 Å². The van der Waals surface area contributed by atoms with Gasteiger partial charge in [-0.25, -0.2) is 4.99 Å². The van der Waals surface area contributed by atoms with Gasteiger partial charge < -0.3 is 24.4 Å². The second kappa shape index (κ2) is 10.1. The average Bonchev–Trinajstić information content (AvgIpc) is 3.41. The third-order valence-electron chi connectivity index (χ3n) is 4.25. The van der Waals surface area contributed by atoms with E-state index in [-0.39, 0.29) is 0 Å². The molecule has 2 N–H and O–H groups in total. The Bertz CT molecular complexity index is 855. The predicted octanol–water partition coefficient (Wildman–Crippen LogP) is 2.38. The maximum absolute atomic E-state index is 5.39. The minimum Gasteiger partial charge on any atom is -0.497 e. The number of furan rings is 1. The number of methoxy groups -OCH3 is 1. The van der Waals surface area contributed by atoms with Gasteiger partial charge in [-0.1, -0.05) is 19.1 Å². The lowest BCUT2D eigenvalue weighted by molar-refractivity contribution is 0.414. The molecule has 0 atom stereocenters. The smallest absolute Gasteiger partial charge is 0.192 e. The molecule has 2 heterocycles. The molecule has 0 saturated heterocycles. The Balaban J connectivity index is 1.59. The van der Waals surface area contributed by atoms with Gasteiger partial charge >= 0.3 is 0 Å². The topological polar surface area (TPSA) is 89.5 Å². The molecule has 0 bridgehead atoms. The number of nitrogens with zero attached hydrogens (tertiary/aromatic N) is 4. The fourth-order valence-corrected chi connectivity index (χ4v) is 2.69. The van der Waals surface area contributed by atoms with Crippen LogP contribution in [-0.2, 0) is 26.1 Å². The number of benzene rings is 1. The van der Waals surface area contributed by atoms with Gasteiger partial charge in [-0.15, -0.1) is 10.2 Å². The molecule has 0 aliphatic carbocycles. The van der Waals surface area contributed by atoms with Gasteiger partial charge in [0.2, 0.25) is 0 Å². The molecule has 28 heavy (non-hydrogen) atoms. The van der Waals surface area contributed by atoms with E-state index in [9.17, 15) is 0 Å². The fraction of sp³-hybridized carbons (Fsp3) is 0.350. The maximum atomic E-state index is 5.39. The number of guanidine groups is 1. The first-order valence-corrected chi connectivity index (χ1v) is 9.32. The monoisotopic (exact) mass is 382 g/mol. The highest BCUT2D eigenvalue weighted by Gasteiger charge is 2.04. The molecular formula is C20H26N6O2. The largest absolute Gasteiger partial charge is 0.497 e. The molecule has 3 rings (SSSR count). The zero-order valence-electron chi connectivity index (χ0n) is 16.3. The molecule has 2 aromatic heterocycles. The molecule has 0 radical (unpaired) electrons. The quantitative estimate of drug-likeness (QED) is 0.436. The van der Waals surface area contributed by atoms with Crippen LogP contribution >= 0.6 is 0 Å². The molecular weight excluding hydrogens is 356 g/mol. The first-order chi connectivity index (χ1) is 13.8. The summed E-state index contributed by atoms with van der Waals surface area (Å²) in [5.41, 5.74) is 1.10. The molecule has 1 aromatic carbocycles. The van der Waals surface area contributed by atoms with Crippen LogP contribution in [0.1, 0.15) is 24.1 Å². The van der Waals surface area contributed by atoms with Crippen LogP contribution in [0.15, 0.2) is 58.4 Å². The molecule has 0 aliphatic rings. The van der Waals surface area contributed by atoms with Crippen molar-refractivity contribution in [3.05, 3.63) is 66.1 Å². The minimum atomic E-state index is 0.560. The van der Waals surface area contributed by atoms with Crippen LogP contribution in [0.4, 0.5) is 0 Å². The Morgan fingerprint density at radius 3 is 2.79 bits per heavy atom. The molecule has 0 spiro atoms. The highest BCUT2D eigenvalue weighted by molar-refractivity contribution is 5.79. The number of hydrogen-bond acceptors (Lipinski definition) is 5. The summed E-state index contributed by atoms with van der Waals surface area (Å²) in [6.45, 7) is 4.66. The first kappa shape index (κ1) is 19.5. The molecule has 0 unspecified atom stereocenters. The van der Waals surface area contributed by atoms with Gasteiger partial charge in [-0.3, -0.25) is 0 Å². The highest BCUT2D eigenvalue weighted by Crippen LogP contribution is 2.11. The van der Waals surface area contributed by atoms with Crippen molar-refractivity contribution in [3.63, 3.8) is 0 Å². The summed E-state index contributed by atoms with van der Waals surface area (Å²) in [7, 11) is 1.66. The van der Waals surface area contributed by atoms with E-state index in [4.69, 9.17) is 9.15 Å². The Hall–Kier alpha value is -3.29. The number of aliphatic imine (C=N–C) groups is 1. The molecule has 0 fully saturated rings. The van der Waals surface area contributed by atoms with Gasteiger partial charge in [-0.05, 0) is 29.8 Å². The van der Waals surface area contributed by atoms with Crippen molar-refractivity contribution in [2.45, 2.75) is 33.0 Å². The van der Waals surface area contributed by atoms with E-state index in [1.54, 1.807) is 19.7 Å². The SMILES string of the molecule is CCc1nncn1CCNC(=NCc1ccc(OC)cc1)NCc1ccco1. The summed E-state index contributed by atoms with van der Waals surface area (Å²) < 4.78 is 12.6. The summed E-state index contributed by atoms with van der Waals surface area (Å²) in [5, 5.41) is 14.7. The summed E-state index contributed by atoms with van der Waals surface area (Å²) in [6, 6.07) is 11.7. The lowest BCUT2D eigenvalue weighted by Gasteiger charge is -2.13. The van der Waals surface area contributed by atoms with Gasteiger partial charge in [-0.2, -0.15) is 0 Å². The van der Waals surface area contributed by atoms with E-state index >= 15 is 0 Å². The van der Waals surface area contributed by atoms with Crippen LogP contribution < -0.4 is 15.4 Å². The second-order valence-electron chi connectivity index (χ2n) is 6.17. The van der Waals surface area contributed by atoms with Crippen molar-refractivity contribution in [2.75, 3.05) is 13.7 Å². The Morgan fingerprint density at radius 2 is 2.07 bits per heavy atom. The van der Waals surface area contributed by atoms with E-state index in [1.165, 1.54) is 0 Å². The lowest BCUT2D eigenvalue weighted by Crippen LogP contribution is -2.38. The normalized spacial score (nSPS) is 11.4. The zero-order valence-corrected chi connectivity index (χ0v) is 16.3. The third-order valence-corrected chi connectivity index (χ3v) is 4.25. The van der Waals surface area contributed by atoms with Crippen LogP contribution in [0.2, 0.25) is 0 Å². The average molecular weight is 382 g/mol. The first-order valence-electron chi connectivity index (χ1n) is 9.32. The standard InChI is InChI=1S/C20H26N6O2/c1-3-19-25-24-15-26(19)11-10-21-20(23-14-18-5-4-12-28-18)22-13-16-6-8-17(27-2)9-7-16/h4-9,12,15H,3,10-11,13-14H2,1-2H3,(H2,21,22,23). The number of nitrogens with one attached hydrogen (secondary N) is 2. The van der Waals surface area contributed by atoms with E-state index in [2.05, 4.69) is 32.7 Å². The molecule has 148 valence electrons. The van der Waals surface area contributed by atoms with Gasteiger partial charge in [0, 0.05) is 19.5 Å². The summed E-state index contributed by atoms with van der Waals surface area (Å²) >= 11 is 0. The molecule has 8 nitrogen and oxygen atoms in total. The van der Waals surface area contributed by atoms with Crippen molar-refractivity contribution in [3.8, 4) is 5.75 Å². The van der Waals surface area contributed by atoms with Crippen LogP contribution in [-0.4, -0.2) is 34.4 Å². The molecule has 8 heteroatoms. The highest BCUT2D eigenvalue weighted by atomic mass is 16.5. The maximum Gasteiger partial charge on any atom is 0.192 e. The minimum absolute atomic E-state index is 0.560. The van der Waals surface area contributed by atoms with Crippen molar-refractivity contribution < 1.29 is 9.15 Å². The molecule has 3 aromatic rings. The number of hydrogen-bond donors (Lipinski definition) is 2. The van der Waals surface area contributed by atoms with E-state index in [0.717, 1.165) is 41.8 Å². The molecule has 0 aliphatic heterocycles. The summed E-state index contributed by atoms with van der Waals surface area (Å²) in [6.07, 6.45) is 4.27. The van der Waals surface area contributed by atoms with Crippen molar-refractivity contribution in [1.82, 2.24) is 25.4 Å². The zero-order chi connectivity index (χ0) is 19.6. The van der Waals surface area contributed by atoms with Crippen LogP contribution in [0.3, 0.4) is 0 Å². The number of ether oxygens (including phenoxy) is 1. The number of rotatable bonds is 9. The van der Waals surface area contributed by atoms with Crippen molar-refractivity contribution in [1.29, 1.82) is 0 Å². The second-order valence-corrected chi connectivity index (χ2v) is 6.17. The summed E-state index contributed by atoms with van der Waals surface area (Å²) in [5.74, 6) is 3.38. The lowest BCUT2D eigenvalue weighted by atomic mass is 10.2. The summed E-state index contributed by atoms with van der Waals surface area (Å²) in [4.78, 5) is 4.68. The predicted molar refractivity (Wildman–Crippen MR) is 107 cm³/mol. The number of aryl methyl sites for hydroxylation is 1. The van der Waals surface area contributed by atoms with Gasteiger partial charge in [0.15, 0.2) is 5.96 Å². The van der Waals surface area contributed by atoms with Gasteiger partial charge in [0.05, 0.1) is 26.5 Å².